The van der Waals surface area contributed by atoms with Gasteiger partial charge >= 0.3 is 0 Å². The molecule has 1 amide bonds. The number of rotatable bonds is 4. The maximum Gasteiger partial charge on any atom is 0.255 e. The molecule has 5 aromatic rings. The Labute approximate surface area is 208 Å². The van der Waals surface area contributed by atoms with Gasteiger partial charge in [0, 0.05) is 47.4 Å². The number of nitrogens with one attached hydrogen (secondary N) is 1. The summed E-state index contributed by atoms with van der Waals surface area (Å²) in [5, 5.41) is 4.68. The van der Waals surface area contributed by atoms with Gasteiger partial charge in [-0.2, -0.15) is 0 Å². The minimum atomic E-state index is -0.117. The lowest BCUT2D eigenvalue weighted by Gasteiger charge is -2.19. The molecule has 0 saturated carbocycles. The molecule has 0 saturated heterocycles. The molecule has 3 heterocycles. The number of aromatic nitrogens is 2. The van der Waals surface area contributed by atoms with Gasteiger partial charge in [-0.1, -0.05) is 30.3 Å². The monoisotopic (exact) mass is 474 g/mol. The number of carbonyl (C=O) groups is 1. The Morgan fingerprint density at radius 2 is 1.72 bits per heavy atom. The van der Waals surface area contributed by atoms with Gasteiger partial charge in [0.2, 0.25) is 0 Å². The molecule has 1 aliphatic heterocycles. The first kappa shape index (κ1) is 22.2. The van der Waals surface area contributed by atoms with Gasteiger partial charge < -0.3 is 10.2 Å². The van der Waals surface area contributed by atoms with Gasteiger partial charge in [0.1, 0.15) is 0 Å². The molecule has 1 N–H and O–H groups in total. The van der Waals surface area contributed by atoms with Gasteiger partial charge in [0.05, 0.1) is 11.0 Å². The Morgan fingerprint density at radius 3 is 2.53 bits per heavy atom. The van der Waals surface area contributed by atoms with E-state index in [4.69, 9.17) is 0 Å². The lowest BCUT2D eigenvalue weighted by molar-refractivity contribution is 0.0946. The van der Waals surface area contributed by atoms with Gasteiger partial charge in [0.15, 0.2) is 0 Å². The van der Waals surface area contributed by atoms with Crippen molar-refractivity contribution in [3.8, 4) is 16.8 Å². The maximum atomic E-state index is 13.2. The van der Waals surface area contributed by atoms with Crippen LogP contribution in [0.5, 0.6) is 0 Å². The van der Waals surface area contributed by atoms with Crippen LogP contribution in [0.3, 0.4) is 0 Å². The standard InChI is InChI=1S/C30H26N4O2/c1-33(2)18-19-3-5-20(6-4-19)21-7-11-27-26(16-21)29-23(17-32-27)8-12-28(35)34(29)24-9-10-25-22(15-24)13-14-31-30(25)36/h3-12,15-17H,13-14,18H2,1-2H3,(H,31,36). The summed E-state index contributed by atoms with van der Waals surface area (Å²) in [5.41, 5.74) is 7.34. The van der Waals surface area contributed by atoms with E-state index < -0.39 is 0 Å². The van der Waals surface area contributed by atoms with E-state index in [1.807, 2.05) is 36.5 Å². The van der Waals surface area contributed by atoms with Crippen LogP contribution in [-0.2, 0) is 13.0 Å². The molecule has 178 valence electrons. The number of nitrogens with zero attached hydrogens (tertiary/aromatic N) is 3. The first-order valence-corrected chi connectivity index (χ1v) is 12.1. The second-order valence-corrected chi connectivity index (χ2v) is 9.58. The van der Waals surface area contributed by atoms with Crippen molar-refractivity contribution >= 4 is 27.7 Å². The fourth-order valence-electron chi connectivity index (χ4n) is 5.07. The molecule has 0 fully saturated rings. The third kappa shape index (κ3) is 3.85. The summed E-state index contributed by atoms with van der Waals surface area (Å²) in [7, 11) is 4.12. The molecular formula is C30H26N4O2. The molecule has 2 aromatic heterocycles. The third-order valence-corrected chi connectivity index (χ3v) is 6.77. The summed E-state index contributed by atoms with van der Waals surface area (Å²) in [5.74, 6) is -0.0658. The van der Waals surface area contributed by atoms with Crippen LogP contribution in [0, 0.1) is 0 Å². The average Bonchev–Trinajstić information content (AvgIpc) is 2.88. The molecule has 3 aromatic carbocycles. The molecule has 6 rings (SSSR count). The molecule has 0 radical (unpaired) electrons. The van der Waals surface area contributed by atoms with E-state index >= 15 is 0 Å². The van der Waals surface area contributed by atoms with Crippen molar-refractivity contribution in [3.63, 3.8) is 0 Å². The molecule has 1 aliphatic rings. The van der Waals surface area contributed by atoms with E-state index in [1.54, 1.807) is 10.6 Å². The third-order valence-electron chi connectivity index (χ3n) is 6.77. The van der Waals surface area contributed by atoms with Crippen molar-refractivity contribution in [2.75, 3.05) is 20.6 Å². The van der Waals surface area contributed by atoms with Crippen molar-refractivity contribution in [2.24, 2.45) is 0 Å². The fourth-order valence-corrected chi connectivity index (χ4v) is 5.07. The molecule has 0 atom stereocenters. The average molecular weight is 475 g/mol. The number of pyridine rings is 2. The molecule has 0 spiro atoms. The van der Waals surface area contributed by atoms with E-state index in [1.165, 1.54) is 5.56 Å². The maximum absolute atomic E-state index is 13.2. The van der Waals surface area contributed by atoms with Gasteiger partial charge in [-0.15, -0.1) is 0 Å². The second kappa shape index (κ2) is 8.73. The van der Waals surface area contributed by atoms with Crippen LogP contribution in [-0.4, -0.2) is 41.0 Å². The van der Waals surface area contributed by atoms with E-state index in [-0.39, 0.29) is 11.5 Å². The highest BCUT2D eigenvalue weighted by molar-refractivity contribution is 6.05. The van der Waals surface area contributed by atoms with Crippen LogP contribution < -0.4 is 10.9 Å². The number of amides is 1. The summed E-state index contributed by atoms with van der Waals surface area (Å²) < 4.78 is 1.75. The SMILES string of the molecule is CN(C)Cc1ccc(-c2ccc3ncc4ccc(=O)n(-c5ccc6c(c5)CCNC6=O)c4c3c2)cc1. The summed E-state index contributed by atoms with van der Waals surface area (Å²) >= 11 is 0. The van der Waals surface area contributed by atoms with Crippen molar-refractivity contribution < 1.29 is 4.79 Å². The van der Waals surface area contributed by atoms with Gasteiger partial charge in [0.25, 0.3) is 11.5 Å². The number of fused-ring (bicyclic) bond motifs is 4. The normalized spacial score (nSPS) is 13.2. The molecule has 36 heavy (non-hydrogen) atoms. The first-order chi connectivity index (χ1) is 17.5. The quantitative estimate of drug-likeness (QED) is 0.388. The van der Waals surface area contributed by atoms with Crippen LogP contribution in [0.2, 0.25) is 0 Å². The van der Waals surface area contributed by atoms with Crippen LogP contribution in [0.25, 0.3) is 38.6 Å². The van der Waals surface area contributed by atoms with Gasteiger partial charge in [-0.25, -0.2) is 0 Å². The number of hydrogen-bond acceptors (Lipinski definition) is 4. The Kier molecular flexibility index (Phi) is 5.38. The van der Waals surface area contributed by atoms with Crippen LogP contribution in [0.4, 0.5) is 0 Å². The van der Waals surface area contributed by atoms with E-state index in [0.29, 0.717) is 12.1 Å². The summed E-state index contributed by atoms with van der Waals surface area (Å²) in [6.07, 6.45) is 2.56. The zero-order valence-electron chi connectivity index (χ0n) is 20.3. The van der Waals surface area contributed by atoms with Crippen molar-refractivity contribution in [3.05, 3.63) is 106 Å². The molecular weight excluding hydrogens is 448 g/mol. The number of carbonyl (C=O) groups excluding carboxylic acids is 1. The van der Waals surface area contributed by atoms with E-state index in [2.05, 4.69) is 65.7 Å². The second-order valence-electron chi connectivity index (χ2n) is 9.58. The molecule has 0 bridgehead atoms. The van der Waals surface area contributed by atoms with Crippen LogP contribution >= 0.6 is 0 Å². The van der Waals surface area contributed by atoms with Gasteiger partial charge in [-0.3, -0.25) is 19.1 Å². The Bertz CT molecular complexity index is 1700. The Balaban J connectivity index is 1.55. The van der Waals surface area contributed by atoms with E-state index in [9.17, 15) is 9.59 Å². The lowest BCUT2D eigenvalue weighted by atomic mass is 9.99. The van der Waals surface area contributed by atoms with Crippen LogP contribution in [0.15, 0.2) is 83.8 Å². The van der Waals surface area contributed by atoms with E-state index in [0.717, 1.165) is 57.1 Å². The minimum Gasteiger partial charge on any atom is -0.352 e. The Hall–Kier alpha value is -4.29. The van der Waals surface area contributed by atoms with Crippen molar-refractivity contribution in [1.29, 1.82) is 0 Å². The summed E-state index contributed by atoms with van der Waals surface area (Å²) in [6, 6.07) is 23.8. The topological polar surface area (TPSA) is 67.2 Å². The molecule has 0 unspecified atom stereocenters. The van der Waals surface area contributed by atoms with Crippen LogP contribution in [0.1, 0.15) is 21.5 Å². The predicted molar refractivity (Wildman–Crippen MR) is 144 cm³/mol. The lowest BCUT2D eigenvalue weighted by Crippen LogP contribution is -2.32. The highest BCUT2D eigenvalue weighted by Gasteiger charge is 2.18. The minimum absolute atomic E-state index is 0.0658. The number of hydrogen-bond donors (Lipinski definition) is 1. The van der Waals surface area contributed by atoms with Gasteiger partial charge in [-0.05, 0) is 79.2 Å². The van der Waals surface area contributed by atoms with Crippen molar-refractivity contribution in [2.45, 2.75) is 13.0 Å². The highest BCUT2D eigenvalue weighted by Crippen LogP contribution is 2.30. The fraction of sp³-hybridized carbons (Fsp3) is 0.167. The molecule has 6 heteroatoms. The molecule has 6 nitrogen and oxygen atoms in total. The smallest absolute Gasteiger partial charge is 0.255 e. The highest BCUT2D eigenvalue weighted by atomic mass is 16.1. The zero-order chi connectivity index (χ0) is 24.8. The molecule has 0 aliphatic carbocycles. The first-order valence-electron chi connectivity index (χ1n) is 12.1. The number of benzene rings is 3. The largest absolute Gasteiger partial charge is 0.352 e. The summed E-state index contributed by atoms with van der Waals surface area (Å²) in [4.78, 5) is 32.3. The zero-order valence-corrected chi connectivity index (χ0v) is 20.3. The predicted octanol–water partition coefficient (Wildman–Crippen LogP) is 4.55. The summed E-state index contributed by atoms with van der Waals surface area (Å²) in [6.45, 7) is 1.49. The van der Waals surface area contributed by atoms with Crippen molar-refractivity contribution in [1.82, 2.24) is 19.8 Å². The Morgan fingerprint density at radius 1 is 0.917 bits per heavy atom.